The molecule has 1 aromatic carbocycles. The first-order chi connectivity index (χ1) is 11.7. The minimum Gasteiger partial charge on any atom is -0.353 e. The lowest BCUT2D eigenvalue weighted by atomic mass is 9.80. The summed E-state index contributed by atoms with van der Waals surface area (Å²) in [6.07, 6.45) is 10.0. The molecule has 1 heterocycles. The van der Waals surface area contributed by atoms with Crippen molar-refractivity contribution in [1.29, 1.82) is 0 Å². The van der Waals surface area contributed by atoms with Gasteiger partial charge in [0.2, 0.25) is 5.91 Å². The molecule has 0 aliphatic heterocycles. The van der Waals surface area contributed by atoms with Gasteiger partial charge in [0.05, 0.1) is 6.33 Å². The van der Waals surface area contributed by atoms with Gasteiger partial charge in [0.1, 0.15) is 0 Å². The lowest BCUT2D eigenvalue weighted by Crippen LogP contribution is -2.45. The molecule has 0 saturated heterocycles. The van der Waals surface area contributed by atoms with Crippen molar-refractivity contribution >= 4 is 5.91 Å². The highest BCUT2D eigenvalue weighted by molar-refractivity contribution is 5.78. The normalized spacial score (nSPS) is 22.0. The van der Waals surface area contributed by atoms with E-state index in [4.69, 9.17) is 0 Å². The average Bonchev–Trinajstić information content (AvgIpc) is 3.10. The summed E-state index contributed by atoms with van der Waals surface area (Å²) >= 11 is 0. The van der Waals surface area contributed by atoms with Crippen LogP contribution >= 0.6 is 0 Å². The minimum atomic E-state index is -0.0373. The van der Waals surface area contributed by atoms with Gasteiger partial charge in [-0.15, -0.1) is 0 Å². The summed E-state index contributed by atoms with van der Waals surface area (Å²) in [6.45, 7) is 1.99. The van der Waals surface area contributed by atoms with Crippen LogP contribution in [-0.2, 0) is 17.6 Å². The van der Waals surface area contributed by atoms with E-state index in [9.17, 15) is 4.79 Å². The molecule has 1 saturated carbocycles. The van der Waals surface area contributed by atoms with Crippen LogP contribution in [0.4, 0.5) is 0 Å². The van der Waals surface area contributed by atoms with Crippen molar-refractivity contribution in [2.45, 2.75) is 51.5 Å². The lowest BCUT2D eigenvalue weighted by molar-refractivity contribution is -0.125. The molecule has 4 nitrogen and oxygen atoms in total. The standard InChI is InChI=1S/C20H27N3O/c1-15(11-18-13-21-14-22-18)20(24)23-19-10-6-5-9-17(19)12-16-7-3-2-4-8-16/h2-4,7-8,13-15,17,19H,5-6,9-12H2,1H3,(H,21,22)(H,23,24). The second-order valence-electron chi connectivity index (χ2n) is 7.03. The maximum absolute atomic E-state index is 12.6. The van der Waals surface area contributed by atoms with Gasteiger partial charge in [0.25, 0.3) is 0 Å². The molecule has 1 aliphatic carbocycles. The van der Waals surface area contributed by atoms with Crippen LogP contribution in [0.25, 0.3) is 0 Å². The van der Waals surface area contributed by atoms with Crippen LogP contribution < -0.4 is 5.32 Å². The number of hydrogen-bond donors (Lipinski definition) is 2. The van der Waals surface area contributed by atoms with Gasteiger partial charge in [0, 0.05) is 30.3 Å². The van der Waals surface area contributed by atoms with E-state index in [1.165, 1.54) is 24.8 Å². The van der Waals surface area contributed by atoms with E-state index in [0.29, 0.717) is 18.4 Å². The predicted octanol–water partition coefficient (Wildman–Crippen LogP) is 3.51. The van der Waals surface area contributed by atoms with Crippen LogP contribution in [0.1, 0.15) is 43.9 Å². The largest absolute Gasteiger partial charge is 0.353 e. The topological polar surface area (TPSA) is 57.8 Å². The monoisotopic (exact) mass is 325 g/mol. The van der Waals surface area contributed by atoms with Crippen LogP contribution in [0.15, 0.2) is 42.9 Å². The molecule has 1 aromatic heterocycles. The number of aromatic nitrogens is 2. The van der Waals surface area contributed by atoms with E-state index in [1.54, 1.807) is 12.5 Å². The van der Waals surface area contributed by atoms with Gasteiger partial charge in [-0.25, -0.2) is 4.98 Å². The molecule has 3 atom stereocenters. The first-order valence-electron chi connectivity index (χ1n) is 9.04. The van der Waals surface area contributed by atoms with Crippen LogP contribution in [-0.4, -0.2) is 21.9 Å². The third kappa shape index (κ3) is 4.47. The van der Waals surface area contributed by atoms with Gasteiger partial charge < -0.3 is 10.3 Å². The molecular formula is C20H27N3O. The molecule has 2 N–H and O–H groups in total. The number of nitrogens with zero attached hydrogens (tertiary/aromatic N) is 1. The van der Waals surface area contributed by atoms with Gasteiger partial charge >= 0.3 is 0 Å². The van der Waals surface area contributed by atoms with E-state index >= 15 is 0 Å². The number of hydrogen-bond acceptors (Lipinski definition) is 2. The minimum absolute atomic E-state index is 0.0373. The Morgan fingerprint density at radius 1 is 1.29 bits per heavy atom. The zero-order valence-corrected chi connectivity index (χ0v) is 14.4. The van der Waals surface area contributed by atoms with Crippen molar-refractivity contribution in [3.8, 4) is 0 Å². The van der Waals surface area contributed by atoms with E-state index in [0.717, 1.165) is 18.5 Å². The summed E-state index contributed by atoms with van der Waals surface area (Å²) in [5.41, 5.74) is 2.39. The number of nitrogens with one attached hydrogen (secondary N) is 2. The Kier molecular flexibility index (Phi) is 5.68. The maximum atomic E-state index is 12.6. The highest BCUT2D eigenvalue weighted by atomic mass is 16.1. The molecule has 128 valence electrons. The van der Waals surface area contributed by atoms with E-state index in [1.807, 2.05) is 6.92 Å². The fourth-order valence-electron chi connectivity index (χ4n) is 3.70. The molecule has 0 bridgehead atoms. The Balaban J connectivity index is 1.57. The molecule has 24 heavy (non-hydrogen) atoms. The predicted molar refractivity (Wildman–Crippen MR) is 95.5 cm³/mol. The van der Waals surface area contributed by atoms with Crippen LogP contribution in [0.2, 0.25) is 0 Å². The van der Waals surface area contributed by atoms with Gasteiger partial charge in [-0.05, 0) is 30.7 Å². The molecule has 2 aromatic rings. The number of amides is 1. The molecule has 1 aliphatic rings. The Morgan fingerprint density at radius 3 is 2.83 bits per heavy atom. The Labute approximate surface area is 144 Å². The van der Waals surface area contributed by atoms with Crippen LogP contribution in [0, 0.1) is 11.8 Å². The van der Waals surface area contributed by atoms with Crippen molar-refractivity contribution in [2.75, 3.05) is 0 Å². The number of aromatic amines is 1. The van der Waals surface area contributed by atoms with Gasteiger partial charge in [-0.1, -0.05) is 50.1 Å². The number of rotatable bonds is 6. The quantitative estimate of drug-likeness (QED) is 0.854. The first-order valence-corrected chi connectivity index (χ1v) is 9.04. The van der Waals surface area contributed by atoms with Gasteiger partial charge in [-0.3, -0.25) is 4.79 Å². The number of imidazole rings is 1. The second kappa shape index (κ2) is 8.13. The van der Waals surface area contributed by atoms with Gasteiger partial charge in [-0.2, -0.15) is 0 Å². The summed E-state index contributed by atoms with van der Waals surface area (Å²) in [4.78, 5) is 19.7. The fraction of sp³-hybridized carbons (Fsp3) is 0.500. The van der Waals surface area contributed by atoms with Crippen molar-refractivity contribution < 1.29 is 4.79 Å². The van der Waals surface area contributed by atoms with Crippen LogP contribution in [0.3, 0.4) is 0 Å². The molecule has 1 fully saturated rings. The first kappa shape index (κ1) is 16.7. The van der Waals surface area contributed by atoms with Crippen LogP contribution in [0.5, 0.6) is 0 Å². The summed E-state index contributed by atoms with van der Waals surface area (Å²) in [7, 11) is 0. The second-order valence-corrected chi connectivity index (χ2v) is 7.03. The van der Waals surface area contributed by atoms with Gasteiger partial charge in [0.15, 0.2) is 0 Å². The van der Waals surface area contributed by atoms with Crippen molar-refractivity contribution in [3.05, 3.63) is 54.1 Å². The van der Waals surface area contributed by atoms with E-state index in [2.05, 4.69) is 45.6 Å². The molecule has 0 spiro atoms. The zero-order valence-electron chi connectivity index (χ0n) is 14.4. The molecule has 3 unspecified atom stereocenters. The molecule has 4 heteroatoms. The average molecular weight is 325 g/mol. The summed E-state index contributed by atoms with van der Waals surface area (Å²) in [5.74, 6) is 0.670. The van der Waals surface area contributed by atoms with Crippen molar-refractivity contribution in [3.63, 3.8) is 0 Å². The SMILES string of the molecule is CC(Cc1cnc[nH]1)C(=O)NC1CCCCC1Cc1ccccc1. The Hall–Kier alpha value is -2.10. The zero-order chi connectivity index (χ0) is 16.8. The number of H-pyrrole nitrogens is 1. The van der Waals surface area contributed by atoms with Crippen molar-refractivity contribution in [1.82, 2.24) is 15.3 Å². The van der Waals surface area contributed by atoms with Crippen molar-refractivity contribution in [2.24, 2.45) is 11.8 Å². The van der Waals surface area contributed by atoms with E-state index in [-0.39, 0.29) is 11.8 Å². The Morgan fingerprint density at radius 2 is 2.08 bits per heavy atom. The molecule has 1 amide bonds. The smallest absolute Gasteiger partial charge is 0.223 e. The van der Waals surface area contributed by atoms with E-state index < -0.39 is 0 Å². The lowest BCUT2D eigenvalue weighted by Gasteiger charge is -2.33. The highest BCUT2D eigenvalue weighted by Crippen LogP contribution is 2.28. The summed E-state index contributed by atoms with van der Waals surface area (Å²) in [5, 5.41) is 3.33. The number of carbonyl (C=O) groups excluding carboxylic acids is 1. The number of carbonyl (C=O) groups is 1. The molecular weight excluding hydrogens is 298 g/mol. The third-order valence-electron chi connectivity index (χ3n) is 5.11. The third-order valence-corrected chi connectivity index (χ3v) is 5.11. The summed E-state index contributed by atoms with van der Waals surface area (Å²) in [6, 6.07) is 10.9. The Bertz CT molecular complexity index is 624. The summed E-state index contributed by atoms with van der Waals surface area (Å²) < 4.78 is 0. The fourth-order valence-corrected chi connectivity index (χ4v) is 3.70. The number of benzene rings is 1. The molecule has 3 rings (SSSR count). The molecule has 0 radical (unpaired) electrons. The maximum Gasteiger partial charge on any atom is 0.223 e. The highest BCUT2D eigenvalue weighted by Gasteiger charge is 2.28.